The summed E-state index contributed by atoms with van der Waals surface area (Å²) in [6, 6.07) is 16.9. The second-order valence-electron chi connectivity index (χ2n) is 5.22. The maximum atomic E-state index is 12.7. The van der Waals surface area contributed by atoms with Crippen molar-refractivity contribution >= 4 is 22.7 Å². The average Bonchev–Trinajstić information content (AvgIpc) is 2.63. The summed E-state index contributed by atoms with van der Waals surface area (Å²) >= 11 is 1.48. The van der Waals surface area contributed by atoms with E-state index in [4.69, 9.17) is 5.26 Å². The predicted octanol–water partition coefficient (Wildman–Crippen LogP) is 3.75. The van der Waals surface area contributed by atoms with Crippen molar-refractivity contribution in [3.63, 3.8) is 0 Å². The lowest BCUT2D eigenvalue weighted by Gasteiger charge is -2.11. The lowest BCUT2D eigenvalue weighted by atomic mass is 10.2. The van der Waals surface area contributed by atoms with Crippen molar-refractivity contribution in [2.75, 3.05) is 0 Å². The van der Waals surface area contributed by atoms with Crippen LogP contribution in [0.2, 0.25) is 0 Å². The number of hydrogen-bond donors (Lipinski definition) is 0. The molecule has 0 N–H and O–H groups in total. The van der Waals surface area contributed by atoms with Gasteiger partial charge in [0, 0.05) is 12.3 Å². The van der Waals surface area contributed by atoms with Gasteiger partial charge in [0.25, 0.3) is 5.56 Å². The fourth-order valence-electron chi connectivity index (χ4n) is 2.43. The summed E-state index contributed by atoms with van der Waals surface area (Å²) in [5, 5.41) is 10.3. The number of aromatic nitrogens is 2. The van der Waals surface area contributed by atoms with Crippen molar-refractivity contribution in [3.8, 4) is 6.07 Å². The number of fused-ring (bicyclic) bond motifs is 1. The Balaban J connectivity index is 1.98. The highest BCUT2D eigenvalue weighted by atomic mass is 32.2. The predicted molar refractivity (Wildman–Crippen MR) is 96.9 cm³/mol. The number of rotatable bonds is 5. The van der Waals surface area contributed by atoms with Crippen LogP contribution >= 0.6 is 11.8 Å². The van der Waals surface area contributed by atoms with Crippen LogP contribution in [0, 0.1) is 11.3 Å². The monoisotopic (exact) mass is 333 g/mol. The number of thioether (sulfide) groups is 1. The second-order valence-corrected chi connectivity index (χ2v) is 6.16. The van der Waals surface area contributed by atoms with Crippen LogP contribution in [0.5, 0.6) is 0 Å². The molecule has 24 heavy (non-hydrogen) atoms. The number of allylic oxidation sites excluding steroid dienone is 1. The maximum absolute atomic E-state index is 12.7. The molecule has 1 heterocycles. The SMILES string of the molecule is C=CCn1c(SCc2cccc(C#N)c2)nc2ccccc2c1=O. The zero-order valence-corrected chi connectivity index (χ0v) is 13.8. The first-order chi connectivity index (χ1) is 11.7. The minimum absolute atomic E-state index is 0.0613. The van der Waals surface area contributed by atoms with Gasteiger partial charge in [-0.3, -0.25) is 9.36 Å². The van der Waals surface area contributed by atoms with Crippen LogP contribution in [-0.2, 0) is 12.3 Å². The van der Waals surface area contributed by atoms with Crippen LogP contribution in [0.25, 0.3) is 10.9 Å². The van der Waals surface area contributed by atoms with Crippen molar-refractivity contribution in [1.82, 2.24) is 9.55 Å². The number of nitriles is 1. The summed E-state index contributed by atoms with van der Waals surface area (Å²) in [4.78, 5) is 17.3. The van der Waals surface area contributed by atoms with Gasteiger partial charge in [0.2, 0.25) is 0 Å². The highest BCUT2D eigenvalue weighted by Crippen LogP contribution is 2.22. The van der Waals surface area contributed by atoms with E-state index in [0.29, 0.717) is 33.9 Å². The topological polar surface area (TPSA) is 58.7 Å². The van der Waals surface area contributed by atoms with Crippen molar-refractivity contribution in [2.24, 2.45) is 0 Å². The molecule has 0 spiro atoms. The molecular weight excluding hydrogens is 318 g/mol. The van der Waals surface area contributed by atoms with E-state index >= 15 is 0 Å². The highest BCUT2D eigenvalue weighted by molar-refractivity contribution is 7.98. The molecule has 3 aromatic rings. The Labute approximate surface area is 144 Å². The first-order valence-electron chi connectivity index (χ1n) is 7.45. The maximum Gasteiger partial charge on any atom is 0.262 e. The average molecular weight is 333 g/mol. The first kappa shape index (κ1) is 16.0. The van der Waals surface area contributed by atoms with E-state index in [1.54, 1.807) is 22.8 Å². The molecule has 0 saturated carbocycles. The Morgan fingerprint density at radius 3 is 2.88 bits per heavy atom. The summed E-state index contributed by atoms with van der Waals surface area (Å²) in [7, 11) is 0. The van der Waals surface area contributed by atoms with Crippen LogP contribution in [0.4, 0.5) is 0 Å². The van der Waals surface area contributed by atoms with Gasteiger partial charge in [-0.2, -0.15) is 5.26 Å². The van der Waals surface area contributed by atoms with Gasteiger partial charge < -0.3 is 0 Å². The van der Waals surface area contributed by atoms with Crippen molar-refractivity contribution in [2.45, 2.75) is 17.5 Å². The molecule has 3 rings (SSSR count). The molecule has 5 heteroatoms. The lowest BCUT2D eigenvalue weighted by Crippen LogP contribution is -2.22. The summed E-state index contributed by atoms with van der Waals surface area (Å²) in [5.41, 5.74) is 2.28. The standard InChI is InChI=1S/C19H15N3OS/c1-2-10-22-18(23)16-8-3-4-9-17(16)21-19(22)24-13-15-7-5-6-14(11-15)12-20/h2-9,11H,1,10,13H2. The van der Waals surface area contributed by atoms with E-state index in [-0.39, 0.29) is 5.56 Å². The van der Waals surface area contributed by atoms with E-state index in [1.165, 1.54) is 11.8 Å². The number of benzene rings is 2. The van der Waals surface area contributed by atoms with Crippen LogP contribution in [0.1, 0.15) is 11.1 Å². The molecule has 0 atom stereocenters. The minimum Gasteiger partial charge on any atom is -0.283 e. The smallest absolute Gasteiger partial charge is 0.262 e. The largest absolute Gasteiger partial charge is 0.283 e. The van der Waals surface area contributed by atoms with Gasteiger partial charge in [0.1, 0.15) is 0 Å². The molecule has 0 radical (unpaired) electrons. The van der Waals surface area contributed by atoms with Gasteiger partial charge in [-0.05, 0) is 29.8 Å². The Bertz CT molecular complexity index is 1000. The Hall–Kier alpha value is -2.84. The third-order valence-corrected chi connectivity index (χ3v) is 4.61. The van der Waals surface area contributed by atoms with E-state index in [0.717, 1.165) is 5.56 Å². The molecule has 0 saturated heterocycles. The third kappa shape index (κ3) is 3.24. The summed E-state index contributed by atoms with van der Waals surface area (Å²) in [5.74, 6) is 0.636. The Morgan fingerprint density at radius 2 is 2.08 bits per heavy atom. The molecule has 2 aromatic carbocycles. The van der Waals surface area contributed by atoms with E-state index in [1.807, 2.05) is 36.4 Å². The van der Waals surface area contributed by atoms with Crippen LogP contribution in [0.15, 0.2) is 71.1 Å². The van der Waals surface area contributed by atoms with Gasteiger partial charge in [0.05, 0.1) is 22.5 Å². The molecule has 1 aromatic heterocycles. The molecule has 0 fully saturated rings. The summed E-state index contributed by atoms with van der Waals surface area (Å²) in [6.45, 7) is 4.14. The molecule has 0 bridgehead atoms. The minimum atomic E-state index is -0.0613. The third-order valence-electron chi connectivity index (χ3n) is 3.56. The van der Waals surface area contributed by atoms with Crippen LogP contribution in [-0.4, -0.2) is 9.55 Å². The van der Waals surface area contributed by atoms with Crippen LogP contribution < -0.4 is 5.56 Å². The number of hydrogen-bond acceptors (Lipinski definition) is 4. The zero-order chi connectivity index (χ0) is 16.9. The van der Waals surface area contributed by atoms with E-state index < -0.39 is 0 Å². The Morgan fingerprint density at radius 1 is 1.25 bits per heavy atom. The number of nitrogens with zero attached hydrogens (tertiary/aromatic N) is 3. The lowest BCUT2D eigenvalue weighted by molar-refractivity contribution is 0.671. The van der Waals surface area contributed by atoms with Gasteiger partial charge in [-0.15, -0.1) is 6.58 Å². The molecule has 0 amide bonds. The van der Waals surface area contributed by atoms with Gasteiger partial charge >= 0.3 is 0 Å². The first-order valence-corrected chi connectivity index (χ1v) is 8.44. The Kier molecular flexibility index (Phi) is 4.78. The summed E-state index contributed by atoms with van der Waals surface area (Å²) < 4.78 is 1.63. The zero-order valence-electron chi connectivity index (χ0n) is 13.0. The summed E-state index contributed by atoms with van der Waals surface area (Å²) in [6.07, 6.45) is 1.69. The fraction of sp³-hybridized carbons (Fsp3) is 0.105. The molecule has 0 aliphatic carbocycles. The van der Waals surface area contributed by atoms with E-state index in [2.05, 4.69) is 17.6 Å². The molecular formula is C19H15N3OS. The van der Waals surface area contributed by atoms with Crippen molar-refractivity contribution in [1.29, 1.82) is 5.26 Å². The normalized spacial score (nSPS) is 10.5. The van der Waals surface area contributed by atoms with Gasteiger partial charge in [0.15, 0.2) is 5.16 Å². The molecule has 0 aliphatic heterocycles. The second kappa shape index (κ2) is 7.16. The highest BCUT2D eigenvalue weighted by Gasteiger charge is 2.10. The van der Waals surface area contributed by atoms with Gasteiger partial charge in [-0.25, -0.2) is 4.98 Å². The van der Waals surface area contributed by atoms with Gasteiger partial charge in [-0.1, -0.05) is 42.1 Å². The fourth-order valence-corrected chi connectivity index (χ4v) is 3.38. The molecule has 4 nitrogen and oxygen atoms in total. The quantitative estimate of drug-likeness (QED) is 0.405. The van der Waals surface area contributed by atoms with Crippen molar-refractivity contribution in [3.05, 3.63) is 82.7 Å². The number of para-hydroxylation sites is 1. The molecule has 0 unspecified atom stereocenters. The van der Waals surface area contributed by atoms with Crippen LogP contribution in [0.3, 0.4) is 0 Å². The molecule has 118 valence electrons. The molecule has 0 aliphatic rings. The van der Waals surface area contributed by atoms with Crippen molar-refractivity contribution < 1.29 is 0 Å². The van der Waals surface area contributed by atoms with E-state index in [9.17, 15) is 4.79 Å².